The van der Waals surface area contributed by atoms with E-state index in [0.29, 0.717) is 44.2 Å². The second-order valence-corrected chi connectivity index (χ2v) is 8.10. The van der Waals surface area contributed by atoms with Crippen LogP contribution in [-0.4, -0.2) is 57.5 Å². The van der Waals surface area contributed by atoms with Crippen LogP contribution in [0.5, 0.6) is 5.75 Å². The second-order valence-electron chi connectivity index (χ2n) is 8.10. The molecule has 1 atom stereocenters. The number of aryl methyl sites for hydroxylation is 1. The van der Waals surface area contributed by atoms with E-state index in [2.05, 4.69) is 20.4 Å². The molecule has 3 heterocycles. The van der Waals surface area contributed by atoms with Gasteiger partial charge in [-0.05, 0) is 49.4 Å². The van der Waals surface area contributed by atoms with E-state index in [1.54, 1.807) is 17.0 Å². The van der Waals surface area contributed by atoms with Gasteiger partial charge in [0, 0.05) is 24.0 Å². The number of hydrogen-bond acceptors (Lipinski definition) is 5. The maximum atomic E-state index is 13.2. The lowest BCUT2D eigenvalue weighted by molar-refractivity contribution is -0.0248. The molecule has 2 N–H and O–H groups in total. The first kappa shape index (κ1) is 21.1. The highest BCUT2D eigenvalue weighted by molar-refractivity contribution is 6.04. The number of nitrogens with zero attached hydrogens (tertiary/aromatic N) is 3. The molecule has 0 bridgehead atoms. The Bertz CT molecular complexity index is 1270. The Morgan fingerprint density at radius 3 is 2.88 bits per heavy atom. The molecule has 2 aromatic heterocycles. The number of carbonyl (C=O) groups excluding carboxylic acids is 1. The van der Waals surface area contributed by atoms with Gasteiger partial charge in [0.1, 0.15) is 17.7 Å². The minimum absolute atomic E-state index is 0.122. The highest BCUT2D eigenvalue weighted by atomic mass is 19.1. The second kappa shape index (κ2) is 9.03. The largest absolute Gasteiger partial charge is 0.493 e. The average molecular weight is 449 g/mol. The minimum atomic E-state index is -0.322. The number of morpholine rings is 1. The molecule has 9 heteroatoms. The molecule has 1 aliphatic rings. The summed E-state index contributed by atoms with van der Waals surface area (Å²) in [6.45, 7) is 3.74. The quantitative estimate of drug-likeness (QED) is 0.469. The summed E-state index contributed by atoms with van der Waals surface area (Å²) in [4.78, 5) is 14.9. The van der Waals surface area contributed by atoms with Gasteiger partial charge in [-0.25, -0.2) is 4.39 Å². The van der Waals surface area contributed by atoms with Crippen LogP contribution in [0.2, 0.25) is 0 Å². The lowest BCUT2D eigenvalue weighted by Gasteiger charge is -2.31. The van der Waals surface area contributed by atoms with Gasteiger partial charge in [0.05, 0.1) is 31.0 Å². The van der Waals surface area contributed by atoms with Gasteiger partial charge in [-0.15, -0.1) is 0 Å². The molecule has 1 aliphatic heterocycles. The Labute approximate surface area is 189 Å². The van der Waals surface area contributed by atoms with Gasteiger partial charge in [-0.2, -0.15) is 10.2 Å². The standard InChI is InChI=1S/C24H24FN5O3/c1-15-2-7-20-19(12-15)23(29-27-20)24(31)30-9-11-33-22(14-30)21-13-17(26-28-21)8-10-32-18-5-3-16(25)4-6-18/h2-7,12-13,22H,8-11,14H2,1H3,(H,26,28)(H,27,29)/t22-/m0/s1. The predicted octanol–water partition coefficient (Wildman–Crippen LogP) is 3.57. The van der Waals surface area contributed by atoms with Crippen molar-refractivity contribution in [1.29, 1.82) is 0 Å². The van der Waals surface area contributed by atoms with Gasteiger partial charge < -0.3 is 14.4 Å². The number of benzene rings is 2. The van der Waals surface area contributed by atoms with Gasteiger partial charge >= 0.3 is 0 Å². The topological polar surface area (TPSA) is 96.1 Å². The fourth-order valence-corrected chi connectivity index (χ4v) is 3.94. The minimum Gasteiger partial charge on any atom is -0.493 e. The summed E-state index contributed by atoms with van der Waals surface area (Å²) in [5.74, 6) is 0.196. The summed E-state index contributed by atoms with van der Waals surface area (Å²) >= 11 is 0. The number of aromatic amines is 2. The summed E-state index contributed by atoms with van der Waals surface area (Å²) in [6.07, 6.45) is 0.288. The zero-order valence-electron chi connectivity index (χ0n) is 18.2. The van der Waals surface area contributed by atoms with Crippen LogP contribution in [0.1, 0.15) is 33.5 Å². The van der Waals surface area contributed by atoms with E-state index in [9.17, 15) is 9.18 Å². The summed E-state index contributed by atoms with van der Waals surface area (Å²) in [6, 6.07) is 13.7. The molecule has 0 spiro atoms. The lowest BCUT2D eigenvalue weighted by atomic mass is 10.1. The number of hydrogen-bond donors (Lipinski definition) is 2. The maximum absolute atomic E-state index is 13.2. The van der Waals surface area contributed by atoms with Gasteiger partial charge in [0.25, 0.3) is 5.91 Å². The molecule has 0 unspecified atom stereocenters. The van der Waals surface area contributed by atoms with E-state index < -0.39 is 0 Å². The number of H-pyrrole nitrogens is 2. The summed E-state index contributed by atoms with van der Waals surface area (Å²) < 4.78 is 24.5. The van der Waals surface area contributed by atoms with Crippen LogP contribution in [0.25, 0.3) is 10.9 Å². The lowest BCUT2D eigenvalue weighted by Crippen LogP contribution is -2.42. The van der Waals surface area contributed by atoms with Crippen molar-refractivity contribution < 1.29 is 18.7 Å². The SMILES string of the molecule is Cc1ccc2[nH]nc(C(=O)N3CCO[C@H](c4cc(CCOc5ccc(F)cc5)[nH]n4)C3)c2c1. The van der Waals surface area contributed by atoms with Crippen molar-refractivity contribution in [3.8, 4) is 5.75 Å². The molecule has 5 rings (SSSR count). The zero-order valence-corrected chi connectivity index (χ0v) is 18.2. The first-order valence-corrected chi connectivity index (χ1v) is 10.8. The molecular weight excluding hydrogens is 425 g/mol. The Morgan fingerprint density at radius 1 is 1.18 bits per heavy atom. The molecule has 2 aromatic carbocycles. The third-order valence-corrected chi connectivity index (χ3v) is 5.71. The number of nitrogens with one attached hydrogen (secondary N) is 2. The zero-order chi connectivity index (χ0) is 22.8. The van der Waals surface area contributed by atoms with Crippen molar-refractivity contribution in [3.63, 3.8) is 0 Å². The monoisotopic (exact) mass is 449 g/mol. The molecule has 4 aromatic rings. The van der Waals surface area contributed by atoms with E-state index in [4.69, 9.17) is 9.47 Å². The van der Waals surface area contributed by atoms with Crippen molar-refractivity contribution in [1.82, 2.24) is 25.3 Å². The highest BCUT2D eigenvalue weighted by Gasteiger charge is 2.29. The Kier molecular flexibility index (Phi) is 5.78. The molecule has 0 aliphatic carbocycles. The molecule has 1 amide bonds. The summed E-state index contributed by atoms with van der Waals surface area (Å²) in [5.41, 5.74) is 3.98. The smallest absolute Gasteiger partial charge is 0.275 e. The van der Waals surface area contributed by atoms with Crippen LogP contribution in [0.15, 0.2) is 48.5 Å². The normalized spacial score (nSPS) is 16.3. The van der Waals surface area contributed by atoms with Crippen LogP contribution >= 0.6 is 0 Å². The number of halogens is 1. The summed E-state index contributed by atoms with van der Waals surface area (Å²) in [7, 11) is 0. The molecule has 0 radical (unpaired) electrons. The molecule has 1 fully saturated rings. The van der Waals surface area contributed by atoms with E-state index in [0.717, 1.165) is 27.9 Å². The fraction of sp³-hybridized carbons (Fsp3) is 0.292. The predicted molar refractivity (Wildman–Crippen MR) is 120 cm³/mol. The van der Waals surface area contributed by atoms with E-state index in [1.165, 1.54) is 12.1 Å². The van der Waals surface area contributed by atoms with E-state index >= 15 is 0 Å². The Hall–Kier alpha value is -3.72. The van der Waals surface area contributed by atoms with Crippen molar-refractivity contribution in [2.24, 2.45) is 0 Å². The van der Waals surface area contributed by atoms with Gasteiger partial charge in [-0.1, -0.05) is 11.6 Å². The van der Waals surface area contributed by atoms with Crippen LogP contribution in [0.3, 0.4) is 0 Å². The molecule has 1 saturated heterocycles. The van der Waals surface area contributed by atoms with Gasteiger partial charge in [0.15, 0.2) is 5.69 Å². The van der Waals surface area contributed by atoms with Crippen LogP contribution in [-0.2, 0) is 11.2 Å². The first-order chi connectivity index (χ1) is 16.1. The Morgan fingerprint density at radius 2 is 2.03 bits per heavy atom. The molecule has 170 valence electrons. The number of amides is 1. The summed E-state index contributed by atoms with van der Waals surface area (Å²) in [5, 5.41) is 15.4. The van der Waals surface area contributed by atoms with Crippen LogP contribution < -0.4 is 4.74 Å². The number of ether oxygens (including phenoxy) is 2. The van der Waals surface area contributed by atoms with Crippen LogP contribution in [0.4, 0.5) is 4.39 Å². The van der Waals surface area contributed by atoms with Gasteiger partial charge in [0.2, 0.25) is 0 Å². The van der Waals surface area contributed by atoms with Crippen molar-refractivity contribution in [2.45, 2.75) is 19.4 Å². The number of aromatic nitrogens is 4. The number of carbonyl (C=O) groups is 1. The van der Waals surface area contributed by atoms with E-state index in [-0.39, 0.29) is 17.8 Å². The Balaban J connectivity index is 1.21. The first-order valence-electron chi connectivity index (χ1n) is 10.8. The highest BCUT2D eigenvalue weighted by Crippen LogP contribution is 2.25. The third kappa shape index (κ3) is 4.58. The number of rotatable bonds is 6. The van der Waals surface area contributed by atoms with Crippen molar-refractivity contribution >= 4 is 16.8 Å². The molecule has 8 nitrogen and oxygen atoms in total. The maximum Gasteiger partial charge on any atom is 0.275 e. The van der Waals surface area contributed by atoms with E-state index in [1.807, 2.05) is 31.2 Å². The number of fused-ring (bicyclic) bond motifs is 1. The molecular formula is C24H24FN5O3. The van der Waals surface area contributed by atoms with Crippen molar-refractivity contribution in [3.05, 3.63) is 77.0 Å². The molecule has 33 heavy (non-hydrogen) atoms. The van der Waals surface area contributed by atoms with Gasteiger partial charge in [-0.3, -0.25) is 15.0 Å². The van der Waals surface area contributed by atoms with Crippen LogP contribution in [0, 0.1) is 12.7 Å². The fourth-order valence-electron chi connectivity index (χ4n) is 3.94. The average Bonchev–Trinajstić information content (AvgIpc) is 3.47. The van der Waals surface area contributed by atoms with Crippen molar-refractivity contribution in [2.75, 3.05) is 26.3 Å². The molecule has 0 saturated carbocycles. The third-order valence-electron chi connectivity index (χ3n) is 5.71.